The number of hydrogen-bond acceptors (Lipinski definition) is 6. The fourth-order valence-electron chi connectivity index (χ4n) is 0.826. The van der Waals surface area contributed by atoms with Gasteiger partial charge in [-0.25, -0.2) is 9.78 Å². The molecule has 7 heteroatoms. The van der Waals surface area contributed by atoms with Crippen LogP contribution in [0.4, 0.5) is 4.79 Å². The molecule has 7 nitrogen and oxygen atoms in total. The minimum absolute atomic E-state index is 0.0146. The summed E-state index contributed by atoms with van der Waals surface area (Å²) in [4.78, 5) is 24.5. The maximum Gasteiger partial charge on any atom is 0.511 e. The van der Waals surface area contributed by atoms with E-state index in [4.69, 9.17) is 0 Å². The summed E-state index contributed by atoms with van der Waals surface area (Å²) in [6.45, 7) is -0.267. The van der Waals surface area contributed by atoms with Gasteiger partial charge in [-0.15, -0.1) is 0 Å². The van der Waals surface area contributed by atoms with E-state index < -0.39 is 12.9 Å². The Labute approximate surface area is 85.6 Å². The average molecular weight is 214 g/mol. The van der Waals surface area contributed by atoms with Crippen molar-refractivity contribution in [2.24, 2.45) is 7.05 Å². The highest BCUT2D eigenvalue weighted by molar-refractivity contribution is 5.59. The largest absolute Gasteiger partial charge is 0.511 e. The van der Waals surface area contributed by atoms with Crippen LogP contribution in [0, 0.1) is 0 Å². The van der Waals surface area contributed by atoms with E-state index in [1.165, 1.54) is 0 Å². The Morgan fingerprint density at radius 3 is 3.00 bits per heavy atom. The lowest BCUT2D eigenvalue weighted by Gasteiger charge is -2.02. The van der Waals surface area contributed by atoms with E-state index in [2.05, 4.69) is 19.2 Å². The highest BCUT2D eigenvalue weighted by Crippen LogP contribution is 1.98. The van der Waals surface area contributed by atoms with Gasteiger partial charge in [-0.3, -0.25) is 4.79 Å². The van der Waals surface area contributed by atoms with Crippen molar-refractivity contribution in [3.05, 3.63) is 18.2 Å². The molecule has 0 aromatic carbocycles. The number of rotatable bonds is 5. The third-order valence-electron chi connectivity index (χ3n) is 1.41. The molecule has 15 heavy (non-hydrogen) atoms. The Morgan fingerprint density at radius 2 is 2.40 bits per heavy atom. The third-order valence-corrected chi connectivity index (χ3v) is 1.41. The molecule has 0 saturated carbocycles. The molecule has 0 unspecified atom stereocenters. The van der Waals surface area contributed by atoms with Gasteiger partial charge in [0.25, 0.3) is 6.47 Å². The molecule has 1 aromatic heterocycles. The second-order valence-corrected chi connectivity index (χ2v) is 2.59. The summed E-state index contributed by atoms with van der Waals surface area (Å²) in [5.41, 5.74) is 0.603. The molecule has 0 fully saturated rings. The molecule has 0 bridgehead atoms. The van der Waals surface area contributed by atoms with Gasteiger partial charge in [0.1, 0.15) is 6.61 Å². The molecule has 0 aliphatic carbocycles. The summed E-state index contributed by atoms with van der Waals surface area (Å²) in [7, 11) is 1.80. The third kappa shape index (κ3) is 4.12. The summed E-state index contributed by atoms with van der Waals surface area (Å²) in [6.07, 6.45) is 2.37. The fourth-order valence-corrected chi connectivity index (χ4v) is 0.826. The second kappa shape index (κ2) is 5.63. The van der Waals surface area contributed by atoms with Crippen molar-refractivity contribution in [3.63, 3.8) is 0 Å². The van der Waals surface area contributed by atoms with Crippen molar-refractivity contribution in [2.45, 2.75) is 6.61 Å². The van der Waals surface area contributed by atoms with Crippen LogP contribution >= 0.6 is 0 Å². The van der Waals surface area contributed by atoms with Gasteiger partial charge < -0.3 is 18.8 Å². The summed E-state index contributed by atoms with van der Waals surface area (Å²) < 4.78 is 14.9. The maximum absolute atomic E-state index is 10.8. The quantitative estimate of drug-likeness (QED) is 0.301. The predicted molar refractivity (Wildman–Crippen MR) is 46.5 cm³/mol. The van der Waals surface area contributed by atoms with E-state index in [9.17, 15) is 9.59 Å². The summed E-state index contributed by atoms with van der Waals surface area (Å²) in [5, 5.41) is 0. The minimum Gasteiger partial charge on any atom is -0.430 e. The molecule has 82 valence electrons. The lowest BCUT2D eigenvalue weighted by atomic mass is 10.5. The molecule has 0 amide bonds. The van der Waals surface area contributed by atoms with Crippen molar-refractivity contribution in [1.82, 2.24) is 9.55 Å². The van der Waals surface area contributed by atoms with Gasteiger partial charge >= 0.3 is 6.16 Å². The first-order valence-corrected chi connectivity index (χ1v) is 4.04. The summed E-state index contributed by atoms with van der Waals surface area (Å²) in [5.74, 6) is 0. The number of aromatic nitrogens is 2. The smallest absolute Gasteiger partial charge is 0.430 e. The zero-order valence-electron chi connectivity index (χ0n) is 8.08. The molecular formula is C8H10N2O5. The monoisotopic (exact) mass is 214 g/mol. The van der Waals surface area contributed by atoms with Gasteiger partial charge in [-0.2, -0.15) is 0 Å². The first-order valence-electron chi connectivity index (χ1n) is 4.04. The first-order chi connectivity index (χ1) is 7.22. The molecule has 0 spiro atoms. The second-order valence-electron chi connectivity index (χ2n) is 2.59. The molecule has 1 heterocycles. The molecule has 0 radical (unpaired) electrons. The molecular weight excluding hydrogens is 204 g/mol. The highest BCUT2D eigenvalue weighted by atomic mass is 16.8. The highest BCUT2D eigenvalue weighted by Gasteiger charge is 2.05. The number of nitrogens with zero attached hydrogens (tertiary/aromatic N) is 2. The van der Waals surface area contributed by atoms with E-state index in [1.54, 1.807) is 24.1 Å². The number of ether oxygens (including phenoxy) is 3. The Balaban J connectivity index is 2.19. The van der Waals surface area contributed by atoms with Crippen molar-refractivity contribution in [3.8, 4) is 0 Å². The van der Waals surface area contributed by atoms with E-state index in [0.717, 1.165) is 0 Å². The number of aryl methyl sites for hydroxylation is 1. The normalized spacial score (nSPS) is 9.40. The zero-order chi connectivity index (χ0) is 11.1. The number of hydrogen-bond donors (Lipinski definition) is 0. The molecule has 1 rings (SSSR count). The van der Waals surface area contributed by atoms with E-state index >= 15 is 0 Å². The van der Waals surface area contributed by atoms with Gasteiger partial charge in [0.05, 0.1) is 12.0 Å². The summed E-state index contributed by atoms with van der Waals surface area (Å²) >= 11 is 0. The molecule has 0 saturated heterocycles. The molecule has 1 aromatic rings. The van der Waals surface area contributed by atoms with Crippen LogP contribution in [0.15, 0.2) is 12.5 Å². The van der Waals surface area contributed by atoms with Gasteiger partial charge in [-0.05, 0) is 0 Å². The Bertz CT molecular complexity index is 336. The van der Waals surface area contributed by atoms with E-state index in [1.807, 2.05) is 0 Å². The lowest BCUT2D eigenvalue weighted by molar-refractivity contribution is -0.137. The van der Waals surface area contributed by atoms with Crippen LogP contribution < -0.4 is 0 Å². The topological polar surface area (TPSA) is 79.7 Å². The first kappa shape index (κ1) is 11.0. The van der Waals surface area contributed by atoms with Gasteiger partial charge in [0.2, 0.25) is 6.79 Å². The Morgan fingerprint density at radius 1 is 1.60 bits per heavy atom. The molecule has 0 N–H and O–H groups in total. The van der Waals surface area contributed by atoms with Crippen molar-refractivity contribution in [1.29, 1.82) is 0 Å². The van der Waals surface area contributed by atoms with Gasteiger partial charge in [-0.1, -0.05) is 0 Å². The number of carbonyl (C=O) groups excluding carboxylic acids is 2. The fraction of sp³-hybridized carbons (Fsp3) is 0.375. The van der Waals surface area contributed by atoms with Crippen LogP contribution in [0.5, 0.6) is 0 Å². The number of imidazole rings is 1. The lowest BCUT2D eigenvalue weighted by Crippen LogP contribution is -2.10. The minimum atomic E-state index is -0.914. The maximum atomic E-state index is 10.8. The average Bonchev–Trinajstić information content (AvgIpc) is 2.62. The zero-order valence-corrected chi connectivity index (χ0v) is 8.08. The van der Waals surface area contributed by atoms with Crippen LogP contribution in [-0.2, 0) is 32.7 Å². The molecule has 0 aliphatic heterocycles. The van der Waals surface area contributed by atoms with Crippen LogP contribution in [0.2, 0.25) is 0 Å². The van der Waals surface area contributed by atoms with Crippen LogP contribution in [0.3, 0.4) is 0 Å². The Kier molecular flexibility index (Phi) is 4.14. The predicted octanol–water partition coefficient (Wildman–Crippen LogP) is 0.204. The number of carbonyl (C=O) groups is 2. The van der Waals surface area contributed by atoms with Crippen molar-refractivity contribution >= 4 is 12.6 Å². The van der Waals surface area contributed by atoms with Gasteiger partial charge in [0, 0.05) is 13.2 Å². The van der Waals surface area contributed by atoms with Crippen LogP contribution in [0.1, 0.15) is 5.69 Å². The van der Waals surface area contributed by atoms with Crippen LogP contribution in [0.25, 0.3) is 0 Å². The van der Waals surface area contributed by atoms with Crippen LogP contribution in [-0.4, -0.2) is 29.0 Å². The van der Waals surface area contributed by atoms with Crippen molar-refractivity contribution < 1.29 is 23.8 Å². The Hall–Kier alpha value is -2.05. The van der Waals surface area contributed by atoms with E-state index in [0.29, 0.717) is 5.69 Å². The molecule has 0 aliphatic rings. The van der Waals surface area contributed by atoms with E-state index in [-0.39, 0.29) is 13.1 Å². The summed E-state index contributed by atoms with van der Waals surface area (Å²) in [6, 6.07) is 0. The SMILES string of the molecule is Cn1cnc(COC(=O)OCOC=O)c1. The van der Waals surface area contributed by atoms with Gasteiger partial charge in [0.15, 0.2) is 0 Å². The van der Waals surface area contributed by atoms with Crippen molar-refractivity contribution in [2.75, 3.05) is 6.79 Å². The molecule has 0 atom stereocenters. The standard InChI is InChI=1S/C8H10N2O5/c1-10-2-7(9-4-10)3-14-8(12)15-6-13-5-11/h2,4-5H,3,6H2,1H3.